The third-order valence-electron chi connectivity index (χ3n) is 2.44. The molecule has 0 unspecified atom stereocenters. The van der Waals surface area contributed by atoms with Crippen LogP contribution in [0.15, 0.2) is 18.2 Å². The highest BCUT2D eigenvalue weighted by molar-refractivity contribution is 5.70. The highest BCUT2D eigenvalue weighted by Crippen LogP contribution is 2.09. The maximum atomic E-state index is 12.9. The van der Waals surface area contributed by atoms with E-state index in [1.54, 1.807) is 0 Å². The van der Waals surface area contributed by atoms with E-state index in [4.69, 9.17) is 4.74 Å². The zero-order valence-corrected chi connectivity index (χ0v) is 12.1. The fourth-order valence-corrected chi connectivity index (χ4v) is 1.70. The van der Waals surface area contributed by atoms with Gasteiger partial charge in [-0.05, 0) is 51.4 Å². The first-order valence-corrected chi connectivity index (χ1v) is 6.64. The molecule has 0 aliphatic rings. The van der Waals surface area contributed by atoms with Crippen LogP contribution in [0.2, 0.25) is 0 Å². The molecule has 112 valence electrons. The number of carbonyl (C=O) groups excluding carboxylic acids is 1. The molecule has 0 aromatic heterocycles. The number of esters is 1. The Bertz CT molecular complexity index is 435. The Morgan fingerprint density at radius 2 is 1.75 bits per heavy atom. The number of nitrogens with one attached hydrogen (secondary N) is 1. The number of benzene rings is 1. The first-order chi connectivity index (χ1) is 9.26. The van der Waals surface area contributed by atoms with Gasteiger partial charge in [-0.2, -0.15) is 0 Å². The van der Waals surface area contributed by atoms with Gasteiger partial charge in [0.1, 0.15) is 17.2 Å². The van der Waals surface area contributed by atoms with E-state index >= 15 is 0 Å². The van der Waals surface area contributed by atoms with Crippen LogP contribution in [0.25, 0.3) is 0 Å². The summed E-state index contributed by atoms with van der Waals surface area (Å²) < 4.78 is 31.0. The Labute approximate surface area is 118 Å². The number of carbonyl (C=O) groups is 1. The zero-order chi connectivity index (χ0) is 15.2. The van der Waals surface area contributed by atoms with Crippen molar-refractivity contribution < 1.29 is 18.3 Å². The minimum atomic E-state index is -0.575. The van der Waals surface area contributed by atoms with Gasteiger partial charge in [-0.1, -0.05) is 0 Å². The smallest absolute Gasteiger partial charge is 0.307 e. The lowest BCUT2D eigenvalue weighted by Crippen LogP contribution is -2.27. The van der Waals surface area contributed by atoms with Crippen molar-refractivity contribution in [2.45, 2.75) is 39.2 Å². The first-order valence-electron chi connectivity index (χ1n) is 6.64. The molecule has 1 aromatic carbocycles. The third-order valence-corrected chi connectivity index (χ3v) is 2.44. The van der Waals surface area contributed by atoms with E-state index in [2.05, 4.69) is 5.32 Å². The molecule has 0 radical (unpaired) electrons. The van der Waals surface area contributed by atoms with Crippen molar-refractivity contribution in [2.24, 2.45) is 0 Å². The average molecular weight is 285 g/mol. The Hall–Kier alpha value is -1.49. The molecule has 0 heterocycles. The lowest BCUT2D eigenvalue weighted by atomic mass is 10.1. The molecule has 0 aliphatic carbocycles. The number of rotatable bonds is 6. The number of halogens is 2. The SMILES string of the molecule is CC(C)(C)OC(=O)CCNCCc1cc(F)cc(F)c1. The average Bonchev–Trinajstić information content (AvgIpc) is 2.24. The Morgan fingerprint density at radius 1 is 1.15 bits per heavy atom. The highest BCUT2D eigenvalue weighted by Gasteiger charge is 2.15. The van der Waals surface area contributed by atoms with Crippen molar-refractivity contribution in [3.63, 3.8) is 0 Å². The van der Waals surface area contributed by atoms with Gasteiger partial charge in [-0.15, -0.1) is 0 Å². The van der Waals surface area contributed by atoms with Crippen molar-refractivity contribution in [3.05, 3.63) is 35.4 Å². The van der Waals surface area contributed by atoms with Crippen molar-refractivity contribution in [3.8, 4) is 0 Å². The molecule has 1 N–H and O–H groups in total. The molecule has 1 aromatic rings. The standard InChI is InChI=1S/C15H21F2NO2/c1-15(2,3)20-14(19)5-7-18-6-4-11-8-12(16)10-13(17)9-11/h8-10,18H,4-7H2,1-3H3. The van der Waals surface area contributed by atoms with Crippen LogP contribution in [0.1, 0.15) is 32.8 Å². The molecule has 0 spiro atoms. The zero-order valence-electron chi connectivity index (χ0n) is 12.1. The molecule has 3 nitrogen and oxygen atoms in total. The first kappa shape index (κ1) is 16.6. The van der Waals surface area contributed by atoms with Crippen LogP contribution in [0.3, 0.4) is 0 Å². The Morgan fingerprint density at radius 3 is 2.30 bits per heavy atom. The monoisotopic (exact) mass is 285 g/mol. The normalized spacial score (nSPS) is 11.4. The van der Waals surface area contributed by atoms with Gasteiger partial charge in [0.05, 0.1) is 6.42 Å². The predicted molar refractivity (Wildman–Crippen MR) is 73.4 cm³/mol. The van der Waals surface area contributed by atoms with Crippen LogP contribution in [-0.4, -0.2) is 24.7 Å². The van der Waals surface area contributed by atoms with Gasteiger partial charge in [0.2, 0.25) is 0 Å². The molecule has 1 rings (SSSR count). The maximum Gasteiger partial charge on any atom is 0.307 e. The minimum absolute atomic E-state index is 0.262. The molecule has 0 fully saturated rings. The lowest BCUT2D eigenvalue weighted by molar-refractivity contribution is -0.154. The van der Waals surface area contributed by atoms with E-state index in [-0.39, 0.29) is 12.4 Å². The van der Waals surface area contributed by atoms with Gasteiger partial charge >= 0.3 is 5.97 Å². The lowest BCUT2D eigenvalue weighted by Gasteiger charge is -2.19. The van der Waals surface area contributed by atoms with Crippen LogP contribution in [0.4, 0.5) is 8.78 Å². The summed E-state index contributed by atoms with van der Waals surface area (Å²) in [5.74, 6) is -1.41. The van der Waals surface area contributed by atoms with Gasteiger partial charge in [0.15, 0.2) is 0 Å². The molecule has 0 atom stereocenters. The maximum absolute atomic E-state index is 12.9. The summed E-state index contributed by atoms with van der Waals surface area (Å²) >= 11 is 0. The van der Waals surface area contributed by atoms with E-state index in [1.165, 1.54) is 12.1 Å². The minimum Gasteiger partial charge on any atom is -0.460 e. The molecule has 20 heavy (non-hydrogen) atoms. The molecule has 5 heteroatoms. The fraction of sp³-hybridized carbons (Fsp3) is 0.533. The topological polar surface area (TPSA) is 38.3 Å². The fourth-order valence-electron chi connectivity index (χ4n) is 1.70. The van der Waals surface area contributed by atoms with Gasteiger partial charge in [-0.25, -0.2) is 8.78 Å². The molecule has 0 saturated heterocycles. The summed E-state index contributed by atoms with van der Waals surface area (Å²) in [4.78, 5) is 11.4. The molecular formula is C15H21F2NO2. The highest BCUT2D eigenvalue weighted by atomic mass is 19.1. The van der Waals surface area contributed by atoms with E-state index in [0.29, 0.717) is 25.1 Å². The molecule has 0 aliphatic heterocycles. The summed E-state index contributed by atoms with van der Waals surface area (Å²) in [7, 11) is 0. The summed E-state index contributed by atoms with van der Waals surface area (Å²) in [6.07, 6.45) is 0.776. The largest absolute Gasteiger partial charge is 0.460 e. The Balaban J connectivity index is 2.20. The summed E-state index contributed by atoms with van der Waals surface area (Å²) in [5, 5.41) is 3.04. The quantitative estimate of drug-likeness (QED) is 0.645. The molecule has 0 saturated carbocycles. The summed E-state index contributed by atoms with van der Waals surface area (Å²) in [6, 6.07) is 3.46. The molecular weight excluding hydrogens is 264 g/mol. The molecule has 0 bridgehead atoms. The predicted octanol–water partition coefficient (Wildman–Crippen LogP) is 2.83. The van der Waals surface area contributed by atoms with Gasteiger partial charge in [0.25, 0.3) is 0 Å². The second-order valence-electron chi connectivity index (χ2n) is 5.61. The van der Waals surface area contributed by atoms with Crippen molar-refractivity contribution >= 4 is 5.97 Å². The van der Waals surface area contributed by atoms with Crippen LogP contribution >= 0.6 is 0 Å². The van der Waals surface area contributed by atoms with E-state index in [9.17, 15) is 13.6 Å². The van der Waals surface area contributed by atoms with Crippen LogP contribution in [0, 0.1) is 11.6 Å². The van der Waals surface area contributed by atoms with Crippen molar-refractivity contribution in [1.29, 1.82) is 0 Å². The van der Waals surface area contributed by atoms with E-state index < -0.39 is 17.2 Å². The van der Waals surface area contributed by atoms with Gasteiger partial charge < -0.3 is 10.1 Å². The number of hydrogen-bond acceptors (Lipinski definition) is 3. The van der Waals surface area contributed by atoms with Crippen LogP contribution in [0.5, 0.6) is 0 Å². The van der Waals surface area contributed by atoms with Gasteiger partial charge in [-0.3, -0.25) is 4.79 Å². The summed E-state index contributed by atoms with van der Waals surface area (Å²) in [5.41, 5.74) is 0.114. The number of hydrogen-bond donors (Lipinski definition) is 1. The number of ether oxygens (including phenoxy) is 1. The summed E-state index contributed by atoms with van der Waals surface area (Å²) in [6.45, 7) is 6.48. The third kappa shape index (κ3) is 7.19. The molecule has 0 amide bonds. The van der Waals surface area contributed by atoms with Crippen molar-refractivity contribution in [1.82, 2.24) is 5.32 Å². The second kappa shape index (κ2) is 7.33. The van der Waals surface area contributed by atoms with E-state index in [0.717, 1.165) is 6.07 Å². The van der Waals surface area contributed by atoms with E-state index in [1.807, 2.05) is 20.8 Å². The van der Waals surface area contributed by atoms with Crippen LogP contribution in [-0.2, 0) is 16.0 Å². The van der Waals surface area contributed by atoms with Crippen LogP contribution < -0.4 is 5.32 Å². The second-order valence-corrected chi connectivity index (χ2v) is 5.61. The van der Waals surface area contributed by atoms with Gasteiger partial charge in [0, 0.05) is 12.6 Å². The van der Waals surface area contributed by atoms with Crippen molar-refractivity contribution in [2.75, 3.05) is 13.1 Å². The Kier molecular flexibility index (Phi) is 6.07.